The number of aromatic nitrogens is 2. The van der Waals surface area contributed by atoms with Crippen molar-refractivity contribution in [2.75, 3.05) is 26.2 Å². The van der Waals surface area contributed by atoms with Crippen molar-refractivity contribution in [3.63, 3.8) is 0 Å². The predicted molar refractivity (Wildman–Crippen MR) is 95.8 cm³/mol. The lowest BCUT2D eigenvalue weighted by molar-refractivity contribution is 0.198. The Morgan fingerprint density at radius 1 is 1.25 bits per heavy atom. The van der Waals surface area contributed by atoms with Gasteiger partial charge < -0.3 is 20.5 Å². The first-order valence-electron chi connectivity index (χ1n) is 8.69. The zero-order valence-electron chi connectivity index (χ0n) is 14.6. The van der Waals surface area contributed by atoms with Crippen LogP contribution >= 0.6 is 0 Å². The predicted octanol–water partition coefficient (Wildman–Crippen LogP) is 2.48. The summed E-state index contributed by atoms with van der Waals surface area (Å²) in [5.74, 6) is 0. The molecule has 6 heteroatoms. The van der Waals surface area contributed by atoms with E-state index in [1.54, 1.807) is 0 Å². The van der Waals surface area contributed by atoms with Crippen LogP contribution in [0.3, 0.4) is 0 Å². The van der Waals surface area contributed by atoms with Crippen molar-refractivity contribution in [3.05, 3.63) is 30.1 Å². The van der Waals surface area contributed by atoms with Crippen molar-refractivity contribution in [1.29, 1.82) is 0 Å². The summed E-state index contributed by atoms with van der Waals surface area (Å²) in [5, 5.41) is 6.94. The summed E-state index contributed by atoms with van der Waals surface area (Å²) in [6.07, 6.45) is 4.45. The number of amides is 2. The molecule has 3 N–H and O–H groups in total. The number of pyridine rings is 1. The summed E-state index contributed by atoms with van der Waals surface area (Å²) in [4.78, 5) is 22.1. The van der Waals surface area contributed by atoms with Gasteiger partial charge >= 0.3 is 6.03 Å². The molecule has 0 bridgehead atoms. The molecule has 1 saturated heterocycles. The van der Waals surface area contributed by atoms with Crippen molar-refractivity contribution >= 4 is 17.1 Å². The minimum atomic E-state index is -0.141. The minimum absolute atomic E-state index is 0.0725. The first-order chi connectivity index (χ1) is 11.5. The van der Waals surface area contributed by atoms with Crippen molar-refractivity contribution in [3.8, 4) is 0 Å². The molecular formula is C18H27N5O. The van der Waals surface area contributed by atoms with Gasteiger partial charge in [-0.15, -0.1) is 0 Å². The highest BCUT2D eigenvalue weighted by Crippen LogP contribution is 2.19. The second-order valence-electron chi connectivity index (χ2n) is 7.40. The molecule has 2 aromatic heterocycles. The summed E-state index contributed by atoms with van der Waals surface area (Å²) in [5.41, 5.74) is 1.76. The normalized spacial score (nSPS) is 15.8. The average molecular weight is 329 g/mol. The number of fused-ring (bicyclic) bond motifs is 1. The fraction of sp³-hybridized carbons (Fsp3) is 0.556. The van der Waals surface area contributed by atoms with Gasteiger partial charge in [0, 0.05) is 24.7 Å². The summed E-state index contributed by atoms with van der Waals surface area (Å²) < 4.78 is 0. The molecule has 0 aromatic carbocycles. The first kappa shape index (κ1) is 16.8. The Balaban J connectivity index is 1.43. The molecule has 0 aliphatic carbocycles. The van der Waals surface area contributed by atoms with Gasteiger partial charge in [0.1, 0.15) is 5.65 Å². The van der Waals surface area contributed by atoms with Crippen molar-refractivity contribution in [2.24, 2.45) is 5.41 Å². The maximum atomic E-state index is 12.0. The van der Waals surface area contributed by atoms with Crippen LogP contribution in [0.1, 0.15) is 32.4 Å². The van der Waals surface area contributed by atoms with Crippen LogP contribution in [-0.2, 0) is 6.54 Å². The number of rotatable bonds is 6. The lowest BCUT2D eigenvalue weighted by Gasteiger charge is -2.30. The maximum absolute atomic E-state index is 12.0. The Kier molecular flexibility index (Phi) is 5.04. The highest BCUT2D eigenvalue weighted by molar-refractivity contribution is 5.76. The van der Waals surface area contributed by atoms with E-state index >= 15 is 0 Å². The van der Waals surface area contributed by atoms with Crippen LogP contribution < -0.4 is 10.6 Å². The summed E-state index contributed by atoms with van der Waals surface area (Å²) in [6.45, 7) is 8.88. The van der Waals surface area contributed by atoms with Gasteiger partial charge in [0.15, 0.2) is 0 Å². The number of likely N-dealkylation sites (tertiary alicyclic amines) is 1. The molecular weight excluding hydrogens is 302 g/mol. The number of nitrogens with one attached hydrogen (secondary N) is 3. The number of nitrogens with zero attached hydrogens (tertiary/aromatic N) is 2. The van der Waals surface area contributed by atoms with Crippen molar-refractivity contribution in [1.82, 2.24) is 25.5 Å². The largest absolute Gasteiger partial charge is 0.346 e. The quantitative estimate of drug-likeness (QED) is 0.762. The number of hydrogen-bond donors (Lipinski definition) is 3. The number of aromatic amines is 1. The van der Waals surface area contributed by atoms with Crippen molar-refractivity contribution in [2.45, 2.75) is 33.2 Å². The highest BCUT2D eigenvalue weighted by atomic mass is 16.2. The SMILES string of the molecule is CC(C)(CNC(=O)NCc1ccc2cc[nH]c2n1)CN1CCCC1. The molecule has 0 saturated carbocycles. The molecule has 2 aromatic rings. The third kappa shape index (κ3) is 4.47. The Hall–Kier alpha value is -2.08. The van der Waals surface area contributed by atoms with Crippen LogP contribution in [0, 0.1) is 5.41 Å². The molecule has 0 spiro atoms. The standard InChI is InChI=1S/C18H27N5O/c1-18(2,13-23-9-3-4-10-23)12-21-17(24)20-11-15-6-5-14-7-8-19-16(14)22-15/h5-8H,3-4,9-13H2,1-2H3,(H,19,22)(H2,20,21,24). The lowest BCUT2D eigenvalue weighted by atomic mass is 9.93. The molecule has 1 fully saturated rings. The van der Waals surface area contributed by atoms with E-state index in [9.17, 15) is 4.79 Å². The van der Waals surface area contributed by atoms with E-state index in [1.807, 2.05) is 24.4 Å². The smallest absolute Gasteiger partial charge is 0.315 e. The van der Waals surface area contributed by atoms with E-state index in [2.05, 4.69) is 39.3 Å². The zero-order chi connectivity index (χ0) is 17.0. The Morgan fingerprint density at radius 3 is 2.83 bits per heavy atom. The zero-order valence-corrected chi connectivity index (χ0v) is 14.6. The Morgan fingerprint density at radius 2 is 2.04 bits per heavy atom. The average Bonchev–Trinajstić information content (AvgIpc) is 3.21. The minimum Gasteiger partial charge on any atom is -0.346 e. The Bertz CT molecular complexity index is 688. The molecule has 24 heavy (non-hydrogen) atoms. The maximum Gasteiger partial charge on any atom is 0.315 e. The summed E-state index contributed by atoms with van der Waals surface area (Å²) in [7, 11) is 0. The molecule has 3 heterocycles. The van der Waals surface area contributed by atoms with E-state index in [0.717, 1.165) is 23.3 Å². The van der Waals surface area contributed by atoms with Crippen LogP contribution in [0.15, 0.2) is 24.4 Å². The second-order valence-corrected chi connectivity index (χ2v) is 7.40. The summed E-state index contributed by atoms with van der Waals surface area (Å²) in [6, 6.07) is 5.79. The highest BCUT2D eigenvalue weighted by Gasteiger charge is 2.24. The van der Waals surface area contributed by atoms with E-state index in [1.165, 1.54) is 25.9 Å². The first-order valence-corrected chi connectivity index (χ1v) is 8.69. The van der Waals surface area contributed by atoms with E-state index in [4.69, 9.17) is 0 Å². The molecule has 0 unspecified atom stereocenters. The van der Waals surface area contributed by atoms with Gasteiger partial charge in [-0.25, -0.2) is 9.78 Å². The van der Waals surface area contributed by atoms with Gasteiger partial charge in [-0.05, 0) is 49.5 Å². The van der Waals surface area contributed by atoms with Crippen LogP contribution in [0.4, 0.5) is 4.79 Å². The molecule has 0 radical (unpaired) electrons. The van der Waals surface area contributed by atoms with E-state index < -0.39 is 0 Å². The molecule has 130 valence electrons. The Labute approximate surface area is 143 Å². The number of hydrogen-bond acceptors (Lipinski definition) is 3. The third-order valence-electron chi connectivity index (χ3n) is 4.47. The third-order valence-corrected chi connectivity index (χ3v) is 4.47. The summed E-state index contributed by atoms with van der Waals surface area (Å²) >= 11 is 0. The molecule has 2 amide bonds. The van der Waals surface area contributed by atoms with Crippen molar-refractivity contribution < 1.29 is 4.79 Å². The fourth-order valence-corrected chi connectivity index (χ4v) is 3.22. The lowest BCUT2D eigenvalue weighted by Crippen LogP contribution is -2.44. The molecule has 6 nitrogen and oxygen atoms in total. The van der Waals surface area contributed by atoms with Crippen LogP contribution in [0.5, 0.6) is 0 Å². The van der Waals surface area contributed by atoms with Crippen LogP contribution in [0.25, 0.3) is 11.0 Å². The van der Waals surface area contributed by atoms with Gasteiger partial charge in [-0.1, -0.05) is 13.8 Å². The van der Waals surface area contributed by atoms with Gasteiger partial charge in [0.25, 0.3) is 0 Å². The van der Waals surface area contributed by atoms with E-state index in [0.29, 0.717) is 13.1 Å². The second kappa shape index (κ2) is 7.21. The van der Waals surface area contributed by atoms with E-state index in [-0.39, 0.29) is 11.4 Å². The fourth-order valence-electron chi connectivity index (χ4n) is 3.22. The van der Waals surface area contributed by atoms with Gasteiger partial charge in [-0.3, -0.25) is 0 Å². The number of H-pyrrole nitrogens is 1. The molecule has 1 aliphatic heterocycles. The monoisotopic (exact) mass is 329 g/mol. The molecule has 1 aliphatic rings. The number of carbonyl (C=O) groups is 1. The van der Waals surface area contributed by atoms with Crippen LogP contribution in [-0.4, -0.2) is 47.1 Å². The van der Waals surface area contributed by atoms with Gasteiger partial charge in [0.2, 0.25) is 0 Å². The molecule has 0 atom stereocenters. The number of urea groups is 1. The van der Waals surface area contributed by atoms with Crippen LogP contribution in [0.2, 0.25) is 0 Å². The van der Waals surface area contributed by atoms with Gasteiger partial charge in [0.05, 0.1) is 12.2 Å². The number of carbonyl (C=O) groups excluding carboxylic acids is 1. The topological polar surface area (TPSA) is 73.0 Å². The van der Waals surface area contributed by atoms with Gasteiger partial charge in [-0.2, -0.15) is 0 Å². The molecule has 3 rings (SSSR count).